The highest BCUT2D eigenvalue weighted by Crippen LogP contribution is 2.39. The first kappa shape index (κ1) is 7.13. The topological polar surface area (TPSA) is 17.3 Å². The summed E-state index contributed by atoms with van der Waals surface area (Å²) < 4.78 is 1.99. The molecule has 2 heterocycles. The third kappa shape index (κ3) is 1.05. The van der Waals surface area contributed by atoms with Crippen LogP contribution in [0.5, 0.6) is 0 Å². The Morgan fingerprint density at radius 3 is 3.00 bits per heavy atom. The van der Waals surface area contributed by atoms with Crippen LogP contribution in [0.15, 0.2) is 24.5 Å². The van der Waals surface area contributed by atoms with Crippen LogP contribution in [0.3, 0.4) is 0 Å². The highest BCUT2D eigenvalue weighted by molar-refractivity contribution is 5.53. The maximum absolute atomic E-state index is 4.31. The van der Waals surface area contributed by atoms with Crippen molar-refractivity contribution in [2.24, 2.45) is 0 Å². The number of aromatic nitrogens is 2. The number of nitrogens with zero attached hydrogens (tertiary/aromatic N) is 2. The lowest BCUT2D eigenvalue weighted by molar-refractivity contribution is 0.933. The van der Waals surface area contributed by atoms with Gasteiger partial charge < -0.3 is 0 Å². The van der Waals surface area contributed by atoms with Gasteiger partial charge in [0.1, 0.15) is 0 Å². The average molecular weight is 172 g/mol. The van der Waals surface area contributed by atoms with Crippen molar-refractivity contribution in [1.29, 1.82) is 0 Å². The molecule has 0 amide bonds. The van der Waals surface area contributed by atoms with E-state index in [1.165, 1.54) is 29.5 Å². The number of pyridine rings is 1. The van der Waals surface area contributed by atoms with E-state index in [-0.39, 0.29) is 0 Å². The maximum Gasteiger partial charge on any atom is 0.0690 e. The second kappa shape index (κ2) is 2.34. The summed E-state index contributed by atoms with van der Waals surface area (Å²) in [6, 6.07) is 4.41. The Kier molecular flexibility index (Phi) is 1.29. The van der Waals surface area contributed by atoms with Crippen LogP contribution in [0.25, 0.3) is 5.52 Å². The summed E-state index contributed by atoms with van der Waals surface area (Å²) >= 11 is 0. The second-order valence-electron chi connectivity index (χ2n) is 3.89. The fourth-order valence-corrected chi connectivity index (χ4v) is 1.79. The summed E-state index contributed by atoms with van der Waals surface area (Å²) in [5.74, 6) is 0.814. The SMILES string of the molecule is Cc1cnn2cc(C3CC3)ccc12. The van der Waals surface area contributed by atoms with E-state index in [4.69, 9.17) is 0 Å². The fourth-order valence-electron chi connectivity index (χ4n) is 1.79. The highest BCUT2D eigenvalue weighted by Gasteiger charge is 2.23. The first-order chi connectivity index (χ1) is 6.34. The molecule has 0 N–H and O–H groups in total. The zero-order valence-corrected chi connectivity index (χ0v) is 7.70. The van der Waals surface area contributed by atoms with Crippen molar-refractivity contribution >= 4 is 5.52 Å². The Bertz CT molecular complexity index is 452. The molecular weight excluding hydrogens is 160 g/mol. The number of hydrogen-bond donors (Lipinski definition) is 0. The predicted molar refractivity (Wildman–Crippen MR) is 51.9 cm³/mol. The Balaban J connectivity index is 2.21. The quantitative estimate of drug-likeness (QED) is 0.646. The molecule has 0 spiro atoms. The molecule has 3 rings (SSSR count). The molecule has 0 unspecified atom stereocenters. The molecule has 0 saturated heterocycles. The van der Waals surface area contributed by atoms with E-state index < -0.39 is 0 Å². The highest BCUT2D eigenvalue weighted by atomic mass is 15.2. The molecule has 2 heteroatoms. The van der Waals surface area contributed by atoms with Gasteiger partial charge >= 0.3 is 0 Å². The molecule has 0 bridgehead atoms. The minimum atomic E-state index is 0.814. The molecular formula is C11H12N2. The van der Waals surface area contributed by atoms with E-state index in [9.17, 15) is 0 Å². The second-order valence-corrected chi connectivity index (χ2v) is 3.89. The van der Waals surface area contributed by atoms with Gasteiger partial charge in [0, 0.05) is 6.20 Å². The molecule has 2 nitrogen and oxygen atoms in total. The molecule has 1 aliphatic carbocycles. The van der Waals surface area contributed by atoms with Crippen molar-refractivity contribution in [2.75, 3.05) is 0 Å². The van der Waals surface area contributed by atoms with Crippen molar-refractivity contribution in [3.05, 3.63) is 35.7 Å². The molecule has 13 heavy (non-hydrogen) atoms. The minimum Gasteiger partial charge on any atom is -0.240 e. The van der Waals surface area contributed by atoms with Gasteiger partial charge in [-0.2, -0.15) is 5.10 Å². The van der Waals surface area contributed by atoms with E-state index in [1.54, 1.807) is 0 Å². The van der Waals surface area contributed by atoms with Gasteiger partial charge in [-0.25, -0.2) is 4.52 Å². The van der Waals surface area contributed by atoms with Gasteiger partial charge in [0.05, 0.1) is 11.7 Å². The van der Waals surface area contributed by atoms with Crippen molar-refractivity contribution in [3.8, 4) is 0 Å². The van der Waals surface area contributed by atoms with E-state index in [1.807, 2.05) is 10.7 Å². The molecule has 2 aromatic rings. The van der Waals surface area contributed by atoms with E-state index >= 15 is 0 Å². The number of hydrogen-bond acceptors (Lipinski definition) is 1. The first-order valence-corrected chi connectivity index (χ1v) is 4.78. The number of fused-ring (bicyclic) bond motifs is 1. The summed E-state index contributed by atoms with van der Waals surface area (Å²) in [5.41, 5.74) is 3.92. The van der Waals surface area contributed by atoms with E-state index in [2.05, 4.69) is 30.4 Å². The maximum atomic E-state index is 4.31. The van der Waals surface area contributed by atoms with Crippen molar-refractivity contribution in [3.63, 3.8) is 0 Å². The Hall–Kier alpha value is -1.31. The lowest BCUT2D eigenvalue weighted by Gasteiger charge is -1.99. The summed E-state index contributed by atoms with van der Waals surface area (Å²) in [5, 5.41) is 4.31. The van der Waals surface area contributed by atoms with Crippen LogP contribution in [0.4, 0.5) is 0 Å². The molecule has 1 fully saturated rings. The normalized spacial score (nSPS) is 16.7. The third-order valence-corrected chi connectivity index (χ3v) is 2.78. The predicted octanol–water partition coefficient (Wildman–Crippen LogP) is 2.52. The van der Waals surface area contributed by atoms with Crippen LogP contribution < -0.4 is 0 Å². The van der Waals surface area contributed by atoms with Gasteiger partial charge in [0.25, 0.3) is 0 Å². The van der Waals surface area contributed by atoms with Gasteiger partial charge in [-0.05, 0) is 42.9 Å². The number of aryl methyl sites for hydroxylation is 1. The monoisotopic (exact) mass is 172 g/mol. The number of rotatable bonds is 1. The zero-order valence-electron chi connectivity index (χ0n) is 7.70. The molecule has 0 radical (unpaired) electrons. The summed E-state index contributed by atoms with van der Waals surface area (Å²) in [4.78, 5) is 0. The van der Waals surface area contributed by atoms with Gasteiger partial charge in [0.2, 0.25) is 0 Å². The van der Waals surface area contributed by atoms with E-state index in [0.717, 1.165) is 5.92 Å². The summed E-state index contributed by atoms with van der Waals surface area (Å²) in [6.07, 6.45) is 6.80. The zero-order chi connectivity index (χ0) is 8.84. The van der Waals surface area contributed by atoms with Crippen LogP contribution in [0, 0.1) is 6.92 Å². The smallest absolute Gasteiger partial charge is 0.0690 e. The van der Waals surface area contributed by atoms with E-state index in [0.29, 0.717) is 0 Å². The lowest BCUT2D eigenvalue weighted by atomic mass is 10.2. The Labute approximate surface area is 77.2 Å². The van der Waals surface area contributed by atoms with Gasteiger partial charge in [-0.1, -0.05) is 6.07 Å². The molecule has 0 aliphatic heterocycles. The third-order valence-electron chi connectivity index (χ3n) is 2.78. The van der Waals surface area contributed by atoms with Gasteiger partial charge in [0.15, 0.2) is 0 Å². The van der Waals surface area contributed by atoms with Crippen LogP contribution in [0.2, 0.25) is 0 Å². The summed E-state index contributed by atoms with van der Waals surface area (Å²) in [7, 11) is 0. The molecule has 1 aliphatic rings. The lowest BCUT2D eigenvalue weighted by Crippen LogP contribution is -1.89. The Morgan fingerprint density at radius 1 is 1.38 bits per heavy atom. The molecule has 0 atom stereocenters. The fraction of sp³-hybridized carbons (Fsp3) is 0.364. The largest absolute Gasteiger partial charge is 0.240 e. The molecule has 66 valence electrons. The average Bonchev–Trinajstić information content (AvgIpc) is 2.93. The molecule has 0 aromatic carbocycles. The molecule has 1 saturated carbocycles. The van der Waals surface area contributed by atoms with Crippen LogP contribution in [0.1, 0.15) is 29.9 Å². The standard InChI is InChI=1S/C11H12N2/c1-8-6-12-13-7-10(9-2-3-9)4-5-11(8)13/h4-7,9H,2-3H2,1H3. The molecule has 2 aromatic heterocycles. The minimum absolute atomic E-state index is 0.814. The van der Waals surface area contributed by atoms with Gasteiger partial charge in [-0.3, -0.25) is 0 Å². The summed E-state index contributed by atoms with van der Waals surface area (Å²) in [6.45, 7) is 2.10. The van der Waals surface area contributed by atoms with Crippen molar-refractivity contribution in [2.45, 2.75) is 25.7 Å². The van der Waals surface area contributed by atoms with Crippen molar-refractivity contribution < 1.29 is 0 Å². The first-order valence-electron chi connectivity index (χ1n) is 4.78. The Morgan fingerprint density at radius 2 is 2.23 bits per heavy atom. The van der Waals surface area contributed by atoms with Crippen LogP contribution in [-0.4, -0.2) is 9.61 Å². The van der Waals surface area contributed by atoms with Crippen LogP contribution >= 0.6 is 0 Å². The van der Waals surface area contributed by atoms with Crippen LogP contribution in [-0.2, 0) is 0 Å². The van der Waals surface area contributed by atoms with Gasteiger partial charge in [-0.15, -0.1) is 0 Å². The van der Waals surface area contributed by atoms with Crippen molar-refractivity contribution in [1.82, 2.24) is 9.61 Å².